The van der Waals surface area contributed by atoms with Gasteiger partial charge < -0.3 is 14.5 Å². The van der Waals surface area contributed by atoms with E-state index in [2.05, 4.69) is 0 Å². The number of ether oxygens (including phenoxy) is 1. The maximum absolute atomic E-state index is 12.8. The van der Waals surface area contributed by atoms with E-state index in [0.717, 1.165) is 16.9 Å². The number of benzene rings is 2. The summed E-state index contributed by atoms with van der Waals surface area (Å²) in [6.07, 6.45) is 0.432. The summed E-state index contributed by atoms with van der Waals surface area (Å²) in [7, 11) is 0. The molecule has 1 aromatic heterocycles. The van der Waals surface area contributed by atoms with Gasteiger partial charge in [0, 0.05) is 31.7 Å². The topological polar surface area (TPSA) is 49.9 Å². The summed E-state index contributed by atoms with van der Waals surface area (Å²) in [5.74, 6) is 0.856. The van der Waals surface area contributed by atoms with Crippen LogP contribution < -0.4 is 4.74 Å². The average molecular weight is 421 g/mol. The fourth-order valence-electron chi connectivity index (χ4n) is 3.46. The number of thiophene rings is 1. The SMILES string of the molecule is O=C(Cc1ccsc1)N1CCN(C(=O)c2ccc(OCc3ccccc3)cc2)CC1. The van der Waals surface area contributed by atoms with Crippen LogP contribution in [0.15, 0.2) is 71.4 Å². The first kappa shape index (κ1) is 20.2. The van der Waals surface area contributed by atoms with Gasteiger partial charge in [-0.2, -0.15) is 11.3 Å². The van der Waals surface area contributed by atoms with Crippen molar-refractivity contribution in [2.24, 2.45) is 0 Å². The first-order valence-corrected chi connectivity index (χ1v) is 11.0. The molecule has 6 heteroatoms. The highest BCUT2D eigenvalue weighted by atomic mass is 32.1. The smallest absolute Gasteiger partial charge is 0.253 e. The van der Waals surface area contributed by atoms with Crippen LogP contribution in [-0.2, 0) is 17.8 Å². The number of rotatable bonds is 6. The lowest BCUT2D eigenvalue weighted by molar-refractivity contribution is -0.131. The van der Waals surface area contributed by atoms with Crippen LogP contribution >= 0.6 is 11.3 Å². The van der Waals surface area contributed by atoms with Crippen molar-refractivity contribution in [2.75, 3.05) is 26.2 Å². The van der Waals surface area contributed by atoms with Crippen molar-refractivity contribution < 1.29 is 14.3 Å². The average Bonchev–Trinajstić information content (AvgIpc) is 3.31. The van der Waals surface area contributed by atoms with Gasteiger partial charge in [0.15, 0.2) is 0 Å². The number of amides is 2. The van der Waals surface area contributed by atoms with Crippen molar-refractivity contribution >= 4 is 23.2 Å². The van der Waals surface area contributed by atoms with Crippen LogP contribution in [0.5, 0.6) is 5.75 Å². The monoisotopic (exact) mass is 420 g/mol. The number of piperazine rings is 1. The van der Waals surface area contributed by atoms with E-state index in [-0.39, 0.29) is 11.8 Å². The molecular weight excluding hydrogens is 396 g/mol. The quantitative estimate of drug-likeness (QED) is 0.609. The van der Waals surface area contributed by atoms with E-state index in [1.54, 1.807) is 23.5 Å². The van der Waals surface area contributed by atoms with E-state index >= 15 is 0 Å². The van der Waals surface area contributed by atoms with Gasteiger partial charge in [-0.3, -0.25) is 9.59 Å². The van der Waals surface area contributed by atoms with Crippen molar-refractivity contribution in [1.29, 1.82) is 0 Å². The predicted molar refractivity (Wildman–Crippen MR) is 118 cm³/mol. The Morgan fingerprint density at radius 3 is 2.20 bits per heavy atom. The molecule has 0 spiro atoms. The molecule has 0 aliphatic carbocycles. The number of nitrogens with zero attached hydrogens (tertiary/aromatic N) is 2. The molecule has 4 rings (SSSR count). The lowest BCUT2D eigenvalue weighted by Crippen LogP contribution is -2.51. The highest BCUT2D eigenvalue weighted by Gasteiger charge is 2.24. The van der Waals surface area contributed by atoms with Gasteiger partial charge in [-0.25, -0.2) is 0 Å². The third kappa shape index (κ3) is 5.07. The highest BCUT2D eigenvalue weighted by molar-refractivity contribution is 7.08. The van der Waals surface area contributed by atoms with E-state index in [1.807, 2.05) is 69.1 Å². The molecule has 0 unspecified atom stereocenters. The van der Waals surface area contributed by atoms with Gasteiger partial charge in [-0.1, -0.05) is 30.3 Å². The Balaban J connectivity index is 1.27. The number of hydrogen-bond acceptors (Lipinski definition) is 4. The molecule has 2 aromatic carbocycles. The van der Waals surface area contributed by atoms with Crippen LogP contribution in [0, 0.1) is 0 Å². The Morgan fingerprint density at radius 2 is 1.53 bits per heavy atom. The molecule has 154 valence electrons. The molecule has 1 fully saturated rings. The van der Waals surface area contributed by atoms with Gasteiger partial charge in [0.05, 0.1) is 6.42 Å². The minimum atomic E-state index is -0.00505. The Bertz CT molecular complexity index is 963. The van der Waals surface area contributed by atoms with Crippen molar-refractivity contribution in [3.63, 3.8) is 0 Å². The summed E-state index contributed by atoms with van der Waals surface area (Å²) in [4.78, 5) is 28.9. The molecule has 0 saturated carbocycles. The molecule has 0 N–H and O–H groups in total. The fraction of sp³-hybridized carbons (Fsp3) is 0.250. The Hall–Kier alpha value is -3.12. The highest BCUT2D eigenvalue weighted by Crippen LogP contribution is 2.17. The summed E-state index contributed by atoms with van der Waals surface area (Å²) < 4.78 is 5.79. The van der Waals surface area contributed by atoms with Gasteiger partial charge in [-0.05, 0) is 52.2 Å². The van der Waals surface area contributed by atoms with Crippen molar-refractivity contribution in [3.8, 4) is 5.75 Å². The standard InChI is InChI=1S/C24H24N2O3S/c27-23(16-20-10-15-30-18-20)25-11-13-26(14-12-25)24(28)21-6-8-22(9-7-21)29-17-19-4-2-1-3-5-19/h1-10,15,18H,11-14,16-17H2. The third-order valence-corrected chi connectivity index (χ3v) is 5.94. The summed E-state index contributed by atoms with van der Waals surface area (Å²) in [5, 5.41) is 3.99. The minimum absolute atomic E-state index is 0.00505. The van der Waals surface area contributed by atoms with Crippen molar-refractivity contribution in [2.45, 2.75) is 13.0 Å². The van der Waals surface area contributed by atoms with Crippen LogP contribution in [0.2, 0.25) is 0 Å². The second-order valence-electron chi connectivity index (χ2n) is 7.28. The van der Waals surface area contributed by atoms with Gasteiger partial charge >= 0.3 is 0 Å². The second kappa shape index (κ2) is 9.59. The Morgan fingerprint density at radius 1 is 0.833 bits per heavy atom. The van der Waals surface area contributed by atoms with Gasteiger partial charge in [0.2, 0.25) is 5.91 Å². The first-order valence-electron chi connectivity index (χ1n) is 10.0. The van der Waals surface area contributed by atoms with Crippen molar-refractivity contribution in [1.82, 2.24) is 9.80 Å². The van der Waals surface area contributed by atoms with E-state index in [4.69, 9.17) is 4.74 Å². The zero-order chi connectivity index (χ0) is 20.8. The summed E-state index contributed by atoms with van der Waals surface area (Å²) in [6.45, 7) is 2.76. The number of carbonyl (C=O) groups excluding carboxylic acids is 2. The molecule has 1 aliphatic heterocycles. The van der Waals surface area contributed by atoms with E-state index in [0.29, 0.717) is 44.8 Å². The molecule has 2 heterocycles. The largest absolute Gasteiger partial charge is 0.489 e. The zero-order valence-corrected chi connectivity index (χ0v) is 17.5. The zero-order valence-electron chi connectivity index (χ0n) is 16.7. The predicted octanol–water partition coefficient (Wildman–Crippen LogP) is 3.85. The van der Waals surface area contributed by atoms with Gasteiger partial charge in [0.1, 0.15) is 12.4 Å². The number of hydrogen-bond donors (Lipinski definition) is 0. The third-order valence-electron chi connectivity index (χ3n) is 5.20. The van der Waals surface area contributed by atoms with Crippen molar-refractivity contribution in [3.05, 3.63) is 88.1 Å². The van der Waals surface area contributed by atoms with E-state index < -0.39 is 0 Å². The Kier molecular flexibility index (Phi) is 6.44. The minimum Gasteiger partial charge on any atom is -0.489 e. The maximum atomic E-state index is 12.8. The van der Waals surface area contributed by atoms with Crippen LogP contribution in [-0.4, -0.2) is 47.8 Å². The van der Waals surface area contributed by atoms with Crippen LogP contribution in [0.1, 0.15) is 21.5 Å². The summed E-state index contributed by atoms with van der Waals surface area (Å²) in [6, 6.07) is 19.2. The lowest BCUT2D eigenvalue weighted by atomic mass is 10.1. The number of carbonyl (C=O) groups is 2. The molecule has 0 radical (unpaired) electrons. The molecule has 1 saturated heterocycles. The molecule has 30 heavy (non-hydrogen) atoms. The summed E-state index contributed by atoms with van der Waals surface area (Å²) >= 11 is 1.60. The molecular formula is C24H24N2O3S. The molecule has 5 nitrogen and oxygen atoms in total. The lowest BCUT2D eigenvalue weighted by Gasteiger charge is -2.35. The van der Waals surface area contributed by atoms with Gasteiger partial charge in [0.25, 0.3) is 5.91 Å². The molecule has 0 bridgehead atoms. The van der Waals surface area contributed by atoms with Crippen LogP contribution in [0.25, 0.3) is 0 Å². The first-order chi connectivity index (χ1) is 14.7. The van der Waals surface area contributed by atoms with E-state index in [1.165, 1.54) is 0 Å². The fourth-order valence-corrected chi connectivity index (χ4v) is 4.12. The van der Waals surface area contributed by atoms with Gasteiger partial charge in [-0.15, -0.1) is 0 Å². The Labute approximate surface area is 180 Å². The second-order valence-corrected chi connectivity index (χ2v) is 8.06. The van der Waals surface area contributed by atoms with Crippen LogP contribution in [0.4, 0.5) is 0 Å². The normalized spacial score (nSPS) is 13.9. The molecule has 2 amide bonds. The molecule has 1 aliphatic rings. The van der Waals surface area contributed by atoms with E-state index in [9.17, 15) is 9.59 Å². The molecule has 0 atom stereocenters. The maximum Gasteiger partial charge on any atom is 0.253 e. The van der Waals surface area contributed by atoms with Crippen LogP contribution in [0.3, 0.4) is 0 Å². The molecule has 3 aromatic rings. The summed E-state index contributed by atoms with van der Waals surface area (Å²) in [5.41, 5.74) is 2.79.